The fourth-order valence-electron chi connectivity index (χ4n) is 3.73. The first kappa shape index (κ1) is 16.2. The summed E-state index contributed by atoms with van der Waals surface area (Å²) in [5.41, 5.74) is 4.62. The first-order valence-electron chi connectivity index (χ1n) is 8.94. The van der Waals surface area contributed by atoms with Crippen LogP contribution in [0.25, 0.3) is 43.9 Å². The van der Waals surface area contributed by atoms with Gasteiger partial charge in [0.2, 0.25) is 0 Å². The molecule has 1 heterocycles. The Morgan fingerprint density at radius 3 is 1.59 bits per heavy atom. The van der Waals surface area contributed by atoms with Crippen molar-refractivity contribution in [3.8, 4) is 22.4 Å². The smallest absolute Gasteiger partial charge is 0.0701 e. The molecule has 0 fully saturated rings. The standard InChI is InChI=1S/C25H16BrN/c26-25-21-9-3-1-7-19(21)24(20-8-2-4-10-22(20)25)18-14-12-17(13-15-18)23-11-5-6-16-27-23/h1-16H. The van der Waals surface area contributed by atoms with E-state index in [2.05, 4.69) is 93.7 Å². The lowest BCUT2D eigenvalue weighted by Crippen LogP contribution is -1.88. The Hall–Kier alpha value is -2.97. The monoisotopic (exact) mass is 409 g/mol. The lowest BCUT2D eigenvalue weighted by Gasteiger charge is -2.14. The van der Waals surface area contributed by atoms with E-state index in [1.807, 2.05) is 24.4 Å². The number of pyridine rings is 1. The van der Waals surface area contributed by atoms with Gasteiger partial charge in [0.1, 0.15) is 0 Å². The predicted molar refractivity (Wildman–Crippen MR) is 118 cm³/mol. The summed E-state index contributed by atoms with van der Waals surface area (Å²) >= 11 is 3.82. The van der Waals surface area contributed by atoms with Gasteiger partial charge in [0.15, 0.2) is 0 Å². The number of aromatic nitrogens is 1. The zero-order valence-electron chi connectivity index (χ0n) is 14.6. The second kappa shape index (κ2) is 6.64. The van der Waals surface area contributed by atoms with Crippen molar-refractivity contribution in [1.82, 2.24) is 4.98 Å². The van der Waals surface area contributed by atoms with Crippen LogP contribution in [0, 0.1) is 0 Å². The molecule has 5 aromatic rings. The lowest BCUT2D eigenvalue weighted by atomic mass is 9.91. The highest BCUT2D eigenvalue weighted by atomic mass is 79.9. The number of hydrogen-bond acceptors (Lipinski definition) is 1. The van der Waals surface area contributed by atoms with Gasteiger partial charge in [0.05, 0.1) is 5.69 Å². The molecule has 2 heteroatoms. The average molecular weight is 410 g/mol. The number of halogens is 1. The van der Waals surface area contributed by atoms with E-state index in [4.69, 9.17) is 0 Å². The molecule has 0 bridgehead atoms. The first-order valence-corrected chi connectivity index (χ1v) is 9.73. The zero-order chi connectivity index (χ0) is 18.2. The molecule has 1 aromatic heterocycles. The fourth-order valence-corrected chi connectivity index (χ4v) is 4.42. The molecule has 0 amide bonds. The molecule has 0 saturated heterocycles. The fraction of sp³-hybridized carbons (Fsp3) is 0. The first-order chi connectivity index (χ1) is 13.3. The molecule has 0 radical (unpaired) electrons. The van der Waals surface area contributed by atoms with Crippen LogP contribution >= 0.6 is 15.9 Å². The van der Waals surface area contributed by atoms with Gasteiger partial charge < -0.3 is 0 Å². The maximum Gasteiger partial charge on any atom is 0.0701 e. The van der Waals surface area contributed by atoms with Crippen LogP contribution in [0.5, 0.6) is 0 Å². The summed E-state index contributed by atoms with van der Waals surface area (Å²) in [5, 5.41) is 4.99. The number of nitrogens with zero attached hydrogens (tertiary/aromatic N) is 1. The molecular weight excluding hydrogens is 394 g/mol. The van der Waals surface area contributed by atoms with Crippen molar-refractivity contribution < 1.29 is 0 Å². The summed E-state index contributed by atoms with van der Waals surface area (Å²) in [4.78, 5) is 4.46. The minimum absolute atomic E-state index is 0.995. The van der Waals surface area contributed by atoms with E-state index in [0.29, 0.717) is 0 Å². The molecule has 0 aliphatic heterocycles. The summed E-state index contributed by atoms with van der Waals surface area (Å²) in [6.07, 6.45) is 1.83. The van der Waals surface area contributed by atoms with Crippen LogP contribution in [0.15, 0.2) is 102 Å². The third-order valence-corrected chi connectivity index (χ3v) is 5.85. The highest BCUT2D eigenvalue weighted by Crippen LogP contribution is 2.41. The summed E-state index contributed by atoms with van der Waals surface area (Å²) in [7, 11) is 0. The Morgan fingerprint density at radius 2 is 1.04 bits per heavy atom. The Labute approximate surface area is 166 Å². The molecule has 4 aromatic carbocycles. The largest absolute Gasteiger partial charge is 0.256 e. The second-order valence-electron chi connectivity index (χ2n) is 6.57. The molecule has 27 heavy (non-hydrogen) atoms. The van der Waals surface area contributed by atoms with Gasteiger partial charge in [-0.15, -0.1) is 0 Å². The van der Waals surface area contributed by atoms with Gasteiger partial charge in [-0.2, -0.15) is 0 Å². The third kappa shape index (κ3) is 2.73. The molecule has 0 saturated carbocycles. The molecule has 0 spiro atoms. The molecule has 0 aliphatic rings. The maximum atomic E-state index is 4.46. The molecule has 0 unspecified atom stereocenters. The Kier molecular flexibility index (Phi) is 3.99. The van der Waals surface area contributed by atoms with Gasteiger partial charge in [-0.25, -0.2) is 0 Å². The Bertz CT molecular complexity index is 1200. The van der Waals surface area contributed by atoms with E-state index >= 15 is 0 Å². The normalized spacial score (nSPS) is 11.1. The second-order valence-corrected chi connectivity index (χ2v) is 7.37. The highest BCUT2D eigenvalue weighted by Gasteiger charge is 2.13. The van der Waals surface area contributed by atoms with Crippen molar-refractivity contribution in [2.45, 2.75) is 0 Å². The van der Waals surface area contributed by atoms with Gasteiger partial charge in [0, 0.05) is 16.2 Å². The minimum Gasteiger partial charge on any atom is -0.256 e. The number of fused-ring (bicyclic) bond motifs is 2. The van der Waals surface area contributed by atoms with Gasteiger partial charge in [-0.1, -0.05) is 78.9 Å². The summed E-state index contributed by atoms with van der Waals surface area (Å²) in [6, 6.07) is 31.9. The van der Waals surface area contributed by atoms with E-state index in [0.717, 1.165) is 15.7 Å². The van der Waals surface area contributed by atoms with E-state index in [-0.39, 0.29) is 0 Å². The molecule has 1 nitrogen and oxygen atoms in total. The van der Waals surface area contributed by atoms with Gasteiger partial charge >= 0.3 is 0 Å². The Balaban J connectivity index is 1.78. The van der Waals surface area contributed by atoms with Crippen LogP contribution in [0.3, 0.4) is 0 Å². The minimum atomic E-state index is 0.995. The third-order valence-electron chi connectivity index (χ3n) is 5.00. The van der Waals surface area contributed by atoms with E-state index in [9.17, 15) is 0 Å². The molecule has 5 rings (SSSR count). The van der Waals surface area contributed by atoms with Gasteiger partial charge in [-0.3, -0.25) is 4.98 Å². The molecule has 0 aliphatic carbocycles. The molecule has 0 N–H and O–H groups in total. The van der Waals surface area contributed by atoms with Crippen molar-refractivity contribution in [1.29, 1.82) is 0 Å². The van der Waals surface area contributed by atoms with Crippen LogP contribution < -0.4 is 0 Å². The molecular formula is C25H16BrN. The number of rotatable bonds is 2. The van der Waals surface area contributed by atoms with Crippen LogP contribution in [0.4, 0.5) is 0 Å². The highest BCUT2D eigenvalue weighted by molar-refractivity contribution is 9.10. The maximum absolute atomic E-state index is 4.46. The predicted octanol–water partition coefficient (Wildman–Crippen LogP) is 7.48. The van der Waals surface area contributed by atoms with Crippen molar-refractivity contribution in [3.63, 3.8) is 0 Å². The van der Waals surface area contributed by atoms with Crippen molar-refractivity contribution in [3.05, 3.63) is 102 Å². The van der Waals surface area contributed by atoms with Gasteiger partial charge in [0.25, 0.3) is 0 Å². The average Bonchev–Trinajstić information content (AvgIpc) is 2.75. The van der Waals surface area contributed by atoms with Crippen LogP contribution in [0.1, 0.15) is 0 Å². The summed E-state index contributed by atoms with van der Waals surface area (Å²) in [5.74, 6) is 0. The lowest BCUT2D eigenvalue weighted by molar-refractivity contribution is 1.33. The SMILES string of the molecule is Brc1c2ccccc2c(-c2ccc(-c3ccccn3)cc2)c2ccccc12. The summed E-state index contributed by atoms with van der Waals surface area (Å²) in [6.45, 7) is 0. The van der Waals surface area contributed by atoms with Crippen molar-refractivity contribution >= 4 is 37.5 Å². The van der Waals surface area contributed by atoms with E-state index in [1.54, 1.807) is 0 Å². The van der Waals surface area contributed by atoms with Gasteiger partial charge in [-0.05, 0) is 60.7 Å². The van der Waals surface area contributed by atoms with Crippen LogP contribution in [-0.4, -0.2) is 4.98 Å². The van der Waals surface area contributed by atoms with Crippen LogP contribution in [-0.2, 0) is 0 Å². The molecule has 0 atom stereocenters. The molecule has 128 valence electrons. The number of benzene rings is 4. The zero-order valence-corrected chi connectivity index (χ0v) is 16.1. The quantitative estimate of drug-likeness (QED) is 0.275. The van der Waals surface area contributed by atoms with Crippen LogP contribution in [0.2, 0.25) is 0 Å². The van der Waals surface area contributed by atoms with E-state index < -0.39 is 0 Å². The van der Waals surface area contributed by atoms with Crippen molar-refractivity contribution in [2.75, 3.05) is 0 Å². The topological polar surface area (TPSA) is 12.9 Å². The summed E-state index contributed by atoms with van der Waals surface area (Å²) < 4.78 is 1.16. The number of hydrogen-bond donors (Lipinski definition) is 0. The van der Waals surface area contributed by atoms with E-state index in [1.165, 1.54) is 32.7 Å². The Morgan fingerprint density at radius 1 is 0.519 bits per heavy atom. The van der Waals surface area contributed by atoms with Crippen molar-refractivity contribution in [2.24, 2.45) is 0 Å².